The van der Waals surface area contributed by atoms with Crippen molar-refractivity contribution in [3.63, 3.8) is 0 Å². The zero-order chi connectivity index (χ0) is 18.3. The van der Waals surface area contributed by atoms with Gasteiger partial charge in [0.25, 0.3) is 0 Å². The van der Waals surface area contributed by atoms with E-state index in [4.69, 9.17) is 5.73 Å². The normalized spacial score (nSPS) is 38.2. The molecular weight excluding hydrogens is 366 g/mol. The average molecular weight is 398 g/mol. The van der Waals surface area contributed by atoms with E-state index >= 15 is 0 Å². The van der Waals surface area contributed by atoms with Gasteiger partial charge in [0.05, 0.1) is 11.8 Å². The molecule has 4 unspecified atom stereocenters. The minimum absolute atomic E-state index is 0. The van der Waals surface area contributed by atoms with Crippen LogP contribution >= 0.6 is 12.4 Å². The lowest BCUT2D eigenvalue weighted by Crippen LogP contribution is -2.54. The average Bonchev–Trinajstić information content (AvgIpc) is 2.85. The fraction of sp³-hybridized carbons (Fsp3) is 0.850. The van der Waals surface area contributed by atoms with Crippen molar-refractivity contribution in [2.45, 2.75) is 76.3 Å². The Bertz CT molecular complexity index is 561. The molecule has 3 aliphatic carbocycles. The van der Waals surface area contributed by atoms with E-state index in [0.29, 0.717) is 11.8 Å². The van der Waals surface area contributed by atoms with Gasteiger partial charge in [0.2, 0.25) is 17.7 Å². The van der Waals surface area contributed by atoms with Crippen molar-refractivity contribution >= 4 is 30.1 Å². The number of carbonyl (C=O) groups excluding carboxylic acids is 3. The highest BCUT2D eigenvalue weighted by atomic mass is 35.5. The van der Waals surface area contributed by atoms with Gasteiger partial charge in [-0.15, -0.1) is 12.4 Å². The third-order valence-electron chi connectivity index (χ3n) is 7.20. The predicted octanol–water partition coefficient (Wildman–Crippen LogP) is 2.00. The summed E-state index contributed by atoms with van der Waals surface area (Å²) in [7, 11) is 0. The number of nitrogens with two attached hydrogens (primary N) is 1. The highest BCUT2D eigenvalue weighted by Crippen LogP contribution is 2.40. The largest absolute Gasteiger partial charge is 0.353 e. The van der Waals surface area contributed by atoms with Gasteiger partial charge in [-0.05, 0) is 50.4 Å². The van der Waals surface area contributed by atoms with E-state index in [2.05, 4.69) is 5.32 Å². The predicted molar refractivity (Wildman–Crippen MR) is 104 cm³/mol. The van der Waals surface area contributed by atoms with Crippen molar-refractivity contribution in [1.82, 2.24) is 10.2 Å². The van der Waals surface area contributed by atoms with Gasteiger partial charge in [0, 0.05) is 25.0 Å². The quantitative estimate of drug-likeness (QED) is 0.709. The van der Waals surface area contributed by atoms with Crippen LogP contribution in [0.15, 0.2) is 0 Å². The van der Waals surface area contributed by atoms with Crippen molar-refractivity contribution < 1.29 is 14.4 Å². The summed E-state index contributed by atoms with van der Waals surface area (Å²) >= 11 is 0. The molecule has 1 saturated heterocycles. The van der Waals surface area contributed by atoms with E-state index in [9.17, 15) is 14.4 Å². The summed E-state index contributed by atoms with van der Waals surface area (Å²) < 4.78 is 0. The minimum atomic E-state index is -0.126. The Hall–Kier alpha value is -1.14. The van der Waals surface area contributed by atoms with Crippen LogP contribution in [0.4, 0.5) is 0 Å². The molecule has 1 heterocycles. The summed E-state index contributed by atoms with van der Waals surface area (Å²) in [4.78, 5) is 38.9. The van der Waals surface area contributed by atoms with E-state index in [1.54, 1.807) is 0 Å². The van der Waals surface area contributed by atoms with Crippen LogP contribution in [0.2, 0.25) is 0 Å². The molecule has 6 nitrogen and oxygen atoms in total. The highest BCUT2D eigenvalue weighted by Gasteiger charge is 2.48. The zero-order valence-corrected chi connectivity index (χ0v) is 16.7. The number of hydrogen-bond acceptors (Lipinski definition) is 4. The smallest absolute Gasteiger partial charge is 0.233 e. The van der Waals surface area contributed by atoms with Crippen LogP contribution in [-0.4, -0.2) is 41.2 Å². The first-order valence-electron chi connectivity index (χ1n) is 10.4. The van der Waals surface area contributed by atoms with Crippen LogP contribution in [-0.2, 0) is 14.4 Å². The molecule has 3 amide bonds. The number of rotatable bonds is 4. The number of halogens is 1. The zero-order valence-electron chi connectivity index (χ0n) is 15.9. The van der Waals surface area contributed by atoms with Gasteiger partial charge in [-0.3, -0.25) is 19.3 Å². The monoisotopic (exact) mass is 397 g/mol. The Labute approximate surface area is 167 Å². The third kappa shape index (κ3) is 4.02. The van der Waals surface area contributed by atoms with Gasteiger partial charge in [-0.25, -0.2) is 0 Å². The topological polar surface area (TPSA) is 92.5 Å². The highest BCUT2D eigenvalue weighted by molar-refractivity contribution is 6.05. The Morgan fingerprint density at radius 1 is 0.963 bits per heavy atom. The molecule has 0 aromatic heterocycles. The van der Waals surface area contributed by atoms with Gasteiger partial charge in [-0.1, -0.05) is 19.3 Å². The SMILES string of the molecule is Cl.NC1CC2CCCC(C1)C2NC(=O)CCN1C(=O)C2CCCCC2C1=O. The molecule has 27 heavy (non-hydrogen) atoms. The van der Waals surface area contributed by atoms with Crippen molar-refractivity contribution in [1.29, 1.82) is 0 Å². The van der Waals surface area contributed by atoms with Crippen molar-refractivity contribution in [2.24, 2.45) is 29.4 Å². The molecule has 4 aliphatic rings. The van der Waals surface area contributed by atoms with Gasteiger partial charge < -0.3 is 11.1 Å². The van der Waals surface area contributed by atoms with Crippen LogP contribution < -0.4 is 11.1 Å². The fourth-order valence-corrected chi connectivity index (χ4v) is 5.95. The Kier molecular flexibility index (Phi) is 6.46. The maximum absolute atomic E-state index is 12.5. The molecule has 3 N–H and O–H groups in total. The Morgan fingerprint density at radius 2 is 1.52 bits per heavy atom. The molecule has 1 aliphatic heterocycles. The molecule has 3 saturated carbocycles. The number of carbonyl (C=O) groups is 3. The van der Waals surface area contributed by atoms with Crippen LogP contribution in [0.25, 0.3) is 0 Å². The molecule has 152 valence electrons. The summed E-state index contributed by atoms with van der Waals surface area (Å²) in [6.07, 6.45) is 9.42. The molecule has 4 atom stereocenters. The van der Waals surface area contributed by atoms with Crippen molar-refractivity contribution in [3.05, 3.63) is 0 Å². The maximum Gasteiger partial charge on any atom is 0.233 e. The number of imide groups is 1. The first-order valence-corrected chi connectivity index (χ1v) is 10.4. The van der Waals surface area contributed by atoms with E-state index in [0.717, 1.165) is 51.4 Å². The van der Waals surface area contributed by atoms with Crippen molar-refractivity contribution in [2.75, 3.05) is 6.54 Å². The fourth-order valence-electron chi connectivity index (χ4n) is 5.95. The summed E-state index contributed by atoms with van der Waals surface area (Å²) in [5.41, 5.74) is 6.15. The van der Waals surface area contributed by atoms with Crippen LogP contribution in [0.1, 0.15) is 64.2 Å². The van der Waals surface area contributed by atoms with Gasteiger partial charge in [0.15, 0.2) is 0 Å². The van der Waals surface area contributed by atoms with Gasteiger partial charge >= 0.3 is 0 Å². The maximum atomic E-state index is 12.5. The molecule has 0 aromatic carbocycles. The Morgan fingerprint density at radius 3 is 2.07 bits per heavy atom. The minimum Gasteiger partial charge on any atom is -0.353 e. The van der Waals surface area contributed by atoms with E-state index in [-0.39, 0.29) is 67.0 Å². The standard InChI is InChI=1S/C20H31N3O3.ClH/c21-14-10-12-4-3-5-13(11-14)18(12)22-17(24)8-9-23-19(25)15-6-1-2-7-16(15)20(23)26;/h12-16,18H,1-11,21H2,(H,22,24);1H. The van der Waals surface area contributed by atoms with E-state index < -0.39 is 0 Å². The summed E-state index contributed by atoms with van der Waals surface area (Å²) in [6, 6.07) is 0.491. The summed E-state index contributed by atoms with van der Waals surface area (Å²) in [6.45, 7) is 0.234. The van der Waals surface area contributed by atoms with Crippen molar-refractivity contribution in [3.8, 4) is 0 Å². The molecule has 0 aromatic rings. The second kappa shape index (κ2) is 8.48. The molecular formula is C20H32ClN3O3. The lowest BCUT2D eigenvalue weighted by molar-refractivity contribution is -0.140. The lowest BCUT2D eigenvalue weighted by Gasteiger charge is -2.45. The van der Waals surface area contributed by atoms with Gasteiger partial charge in [-0.2, -0.15) is 0 Å². The molecule has 4 fully saturated rings. The summed E-state index contributed by atoms with van der Waals surface area (Å²) in [5, 5.41) is 3.21. The Balaban J connectivity index is 0.00000210. The van der Waals surface area contributed by atoms with E-state index in [1.165, 1.54) is 11.3 Å². The number of nitrogens with zero attached hydrogens (tertiary/aromatic N) is 1. The first-order chi connectivity index (χ1) is 12.5. The molecule has 0 spiro atoms. The molecule has 2 bridgehead atoms. The number of fused-ring (bicyclic) bond motifs is 3. The number of nitrogens with one attached hydrogen (secondary N) is 1. The lowest BCUT2D eigenvalue weighted by atomic mass is 9.67. The van der Waals surface area contributed by atoms with Crippen LogP contribution in [0.5, 0.6) is 0 Å². The number of amides is 3. The molecule has 7 heteroatoms. The van der Waals surface area contributed by atoms with Gasteiger partial charge in [0.1, 0.15) is 0 Å². The van der Waals surface area contributed by atoms with Crippen LogP contribution in [0, 0.1) is 23.7 Å². The molecule has 0 radical (unpaired) electrons. The van der Waals surface area contributed by atoms with E-state index in [1.807, 2.05) is 0 Å². The first kappa shape index (κ1) is 20.6. The third-order valence-corrected chi connectivity index (χ3v) is 7.20. The second-order valence-corrected chi connectivity index (χ2v) is 8.85. The number of likely N-dealkylation sites (tertiary alicyclic amines) is 1. The van der Waals surface area contributed by atoms with Crippen LogP contribution in [0.3, 0.4) is 0 Å². The second-order valence-electron chi connectivity index (χ2n) is 8.85. The molecule has 4 rings (SSSR count). The summed E-state index contributed by atoms with van der Waals surface area (Å²) in [5.74, 6) is 0.592. The number of hydrogen-bond donors (Lipinski definition) is 2.